The summed E-state index contributed by atoms with van der Waals surface area (Å²) < 4.78 is 16.6. The second-order valence-electron chi connectivity index (χ2n) is 14.7. The summed E-state index contributed by atoms with van der Waals surface area (Å²) in [4.78, 5) is 37.6. The van der Waals surface area contributed by atoms with Crippen LogP contribution < -0.4 is 0 Å². The predicted molar refractivity (Wildman–Crippen MR) is 242 cm³/mol. The SMILES string of the molecule is CC\C=C/C=C\C=C/C=C\C=C/CCCCCC(=O)OCC(COC(=O)C/C=C\C/C=C\C/C=C\CC)OC(=O)CCCCCCCCCCCCCCCCC. The molecule has 0 aliphatic heterocycles. The van der Waals surface area contributed by atoms with E-state index in [4.69, 9.17) is 14.2 Å². The molecule has 0 saturated carbocycles. The van der Waals surface area contributed by atoms with Crippen molar-refractivity contribution in [3.63, 3.8) is 0 Å². The predicted octanol–water partition coefficient (Wildman–Crippen LogP) is 14.6. The van der Waals surface area contributed by atoms with Crippen molar-refractivity contribution < 1.29 is 28.6 Å². The third-order valence-electron chi connectivity index (χ3n) is 9.24. The van der Waals surface area contributed by atoms with E-state index in [-0.39, 0.29) is 31.6 Å². The average Bonchev–Trinajstić information content (AvgIpc) is 3.21. The summed E-state index contributed by atoms with van der Waals surface area (Å²) in [5.74, 6) is -1.10. The Balaban J connectivity index is 4.50. The van der Waals surface area contributed by atoms with Crippen molar-refractivity contribution in [1.29, 1.82) is 0 Å². The van der Waals surface area contributed by atoms with Gasteiger partial charge in [-0.2, -0.15) is 0 Å². The summed E-state index contributed by atoms with van der Waals surface area (Å²) in [7, 11) is 0. The molecule has 1 unspecified atom stereocenters. The highest BCUT2D eigenvalue weighted by Gasteiger charge is 2.19. The zero-order valence-corrected chi connectivity index (χ0v) is 36.6. The van der Waals surface area contributed by atoms with Gasteiger partial charge in [-0.15, -0.1) is 0 Å². The molecule has 0 spiro atoms. The normalized spacial score (nSPS) is 13.0. The summed E-state index contributed by atoms with van der Waals surface area (Å²) >= 11 is 0. The minimum Gasteiger partial charge on any atom is -0.462 e. The Morgan fingerprint density at radius 3 is 1.37 bits per heavy atom. The van der Waals surface area contributed by atoms with Crippen LogP contribution >= 0.6 is 0 Å². The summed E-state index contributed by atoms with van der Waals surface area (Å²) in [6, 6.07) is 0. The number of allylic oxidation sites excluding steroid dienone is 15. The number of carbonyl (C=O) groups is 3. The van der Waals surface area contributed by atoms with Gasteiger partial charge in [0.05, 0.1) is 6.42 Å². The van der Waals surface area contributed by atoms with Crippen LogP contribution in [0.4, 0.5) is 0 Å². The lowest BCUT2D eigenvalue weighted by atomic mass is 10.0. The molecule has 322 valence electrons. The van der Waals surface area contributed by atoms with E-state index in [1.54, 1.807) is 6.08 Å². The van der Waals surface area contributed by atoms with Gasteiger partial charge < -0.3 is 14.2 Å². The molecular weight excluding hydrogens is 709 g/mol. The zero-order valence-electron chi connectivity index (χ0n) is 36.6. The van der Waals surface area contributed by atoms with E-state index in [0.29, 0.717) is 12.8 Å². The highest BCUT2D eigenvalue weighted by atomic mass is 16.6. The lowest BCUT2D eigenvalue weighted by Crippen LogP contribution is -2.30. The first kappa shape index (κ1) is 53.3. The number of esters is 3. The molecule has 0 rings (SSSR count). The van der Waals surface area contributed by atoms with Crippen molar-refractivity contribution >= 4 is 17.9 Å². The van der Waals surface area contributed by atoms with E-state index in [1.165, 1.54) is 77.0 Å². The Kier molecular flexibility index (Phi) is 42.1. The molecule has 1 atom stereocenters. The molecule has 0 amide bonds. The van der Waals surface area contributed by atoms with Crippen LogP contribution in [0.15, 0.2) is 97.2 Å². The van der Waals surface area contributed by atoms with Crippen molar-refractivity contribution in [2.75, 3.05) is 13.2 Å². The van der Waals surface area contributed by atoms with E-state index < -0.39 is 12.1 Å². The first-order valence-corrected chi connectivity index (χ1v) is 22.8. The van der Waals surface area contributed by atoms with Crippen molar-refractivity contribution in [2.45, 2.75) is 194 Å². The van der Waals surface area contributed by atoms with Crippen molar-refractivity contribution in [1.82, 2.24) is 0 Å². The minimum absolute atomic E-state index is 0.125. The van der Waals surface area contributed by atoms with Gasteiger partial charge >= 0.3 is 17.9 Å². The molecule has 0 N–H and O–H groups in total. The van der Waals surface area contributed by atoms with Gasteiger partial charge in [0.1, 0.15) is 13.2 Å². The van der Waals surface area contributed by atoms with Crippen molar-refractivity contribution in [2.24, 2.45) is 0 Å². The van der Waals surface area contributed by atoms with Crippen molar-refractivity contribution in [3.05, 3.63) is 97.2 Å². The van der Waals surface area contributed by atoms with Gasteiger partial charge in [-0.05, 0) is 51.4 Å². The van der Waals surface area contributed by atoms with Gasteiger partial charge in [0.15, 0.2) is 6.10 Å². The Labute approximate surface area is 349 Å². The lowest BCUT2D eigenvalue weighted by Gasteiger charge is -2.18. The molecule has 0 aromatic heterocycles. The molecule has 0 heterocycles. The maximum atomic E-state index is 12.7. The molecular formula is C51H82O6. The Hall–Kier alpha value is -3.67. The van der Waals surface area contributed by atoms with Crippen LogP contribution in [0.3, 0.4) is 0 Å². The highest BCUT2D eigenvalue weighted by molar-refractivity contribution is 5.72. The fourth-order valence-corrected chi connectivity index (χ4v) is 5.88. The van der Waals surface area contributed by atoms with E-state index >= 15 is 0 Å². The van der Waals surface area contributed by atoms with Crippen LogP contribution in [-0.4, -0.2) is 37.2 Å². The molecule has 0 aromatic rings. The molecule has 0 radical (unpaired) electrons. The molecule has 6 heteroatoms. The second-order valence-corrected chi connectivity index (χ2v) is 14.7. The molecule has 0 aliphatic carbocycles. The van der Waals surface area contributed by atoms with Gasteiger partial charge in [0, 0.05) is 12.8 Å². The smallest absolute Gasteiger partial charge is 0.309 e. The van der Waals surface area contributed by atoms with Gasteiger partial charge in [-0.25, -0.2) is 0 Å². The molecule has 0 fully saturated rings. The Morgan fingerprint density at radius 2 is 0.825 bits per heavy atom. The maximum absolute atomic E-state index is 12.7. The summed E-state index contributed by atoms with van der Waals surface area (Å²) in [5, 5.41) is 0. The van der Waals surface area contributed by atoms with Crippen molar-refractivity contribution in [3.8, 4) is 0 Å². The number of hydrogen-bond acceptors (Lipinski definition) is 6. The van der Waals surface area contributed by atoms with Gasteiger partial charge in [0.25, 0.3) is 0 Å². The summed E-state index contributed by atoms with van der Waals surface area (Å²) in [6.45, 7) is 6.22. The van der Waals surface area contributed by atoms with Gasteiger partial charge in [-0.1, -0.05) is 214 Å². The fourth-order valence-electron chi connectivity index (χ4n) is 5.88. The second kappa shape index (κ2) is 45.0. The average molecular weight is 791 g/mol. The third kappa shape index (κ3) is 43.3. The van der Waals surface area contributed by atoms with E-state index in [2.05, 4.69) is 57.2 Å². The highest BCUT2D eigenvalue weighted by Crippen LogP contribution is 2.14. The Morgan fingerprint density at radius 1 is 0.404 bits per heavy atom. The number of ether oxygens (including phenoxy) is 3. The largest absolute Gasteiger partial charge is 0.462 e. The molecule has 0 aliphatic rings. The summed E-state index contributed by atoms with van der Waals surface area (Å²) in [5.41, 5.74) is 0. The molecule has 6 nitrogen and oxygen atoms in total. The van der Waals surface area contributed by atoms with Crippen LogP contribution in [0.2, 0.25) is 0 Å². The first-order chi connectivity index (χ1) is 28.0. The quantitative estimate of drug-likeness (QED) is 0.0203. The zero-order chi connectivity index (χ0) is 41.5. The standard InChI is InChI=1S/C51H82O6/c1-4-7-10-13-16-19-21-23-25-27-29-32-35-38-41-44-50(53)56-47-48(46-55-49(52)43-40-37-34-31-18-15-12-9-6-3)57-51(54)45-42-39-36-33-30-28-26-24-22-20-17-14-11-8-5-2/h7,9-10,12-13,16,18-19,21,23,25,27,29,31,37,40,48H,4-6,8,11,14-15,17,20,22,24,26,28,30,32-36,38-39,41-47H2,1-3H3/b10-7-,12-9-,16-13-,21-19-,25-23-,29-27-,31-18-,40-37-. The minimum atomic E-state index is -0.827. The molecule has 0 aromatic carbocycles. The molecule has 0 saturated heterocycles. The van der Waals surface area contributed by atoms with Gasteiger partial charge in [-0.3, -0.25) is 14.4 Å². The van der Waals surface area contributed by atoms with Crippen LogP contribution in [0.5, 0.6) is 0 Å². The van der Waals surface area contributed by atoms with E-state index in [0.717, 1.165) is 70.6 Å². The molecule has 57 heavy (non-hydrogen) atoms. The number of carbonyl (C=O) groups excluding carboxylic acids is 3. The van der Waals surface area contributed by atoms with E-state index in [1.807, 2.05) is 54.7 Å². The first-order valence-electron chi connectivity index (χ1n) is 22.8. The van der Waals surface area contributed by atoms with Crippen LogP contribution in [-0.2, 0) is 28.6 Å². The van der Waals surface area contributed by atoms with Crippen LogP contribution in [0.25, 0.3) is 0 Å². The number of rotatable bonds is 39. The molecule has 0 bridgehead atoms. The third-order valence-corrected chi connectivity index (χ3v) is 9.24. The number of unbranched alkanes of at least 4 members (excludes halogenated alkanes) is 17. The fraction of sp³-hybridized carbons (Fsp3) is 0.627. The summed E-state index contributed by atoms with van der Waals surface area (Å²) in [6.07, 6.45) is 58.5. The van der Waals surface area contributed by atoms with E-state index in [9.17, 15) is 14.4 Å². The Bertz CT molecular complexity index is 1180. The topological polar surface area (TPSA) is 78.9 Å². The lowest BCUT2D eigenvalue weighted by molar-refractivity contribution is -0.166. The number of hydrogen-bond donors (Lipinski definition) is 0. The monoisotopic (exact) mass is 791 g/mol. The van der Waals surface area contributed by atoms with Gasteiger partial charge in [0.2, 0.25) is 0 Å². The van der Waals surface area contributed by atoms with Crippen LogP contribution in [0, 0.1) is 0 Å². The maximum Gasteiger partial charge on any atom is 0.309 e. The van der Waals surface area contributed by atoms with Crippen LogP contribution in [0.1, 0.15) is 188 Å².